The number of carbonyl (C=O) groups excluding carboxylic acids is 1. The van der Waals surface area contributed by atoms with Gasteiger partial charge in [-0.2, -0.15) is 5.26 Å². The van der Waals surface area contributed by atoms with Crippen molar-refractivity contribution in [2.24, 2.45) is 0 Å². The molecule has 0 radical (unpaired) electrons. The predicted molar refractivity (Wildman–Crippen MR) is 74.8 cm³/mol. The molecule has 0 saturated carbocycles. The number of anilines is 2. The van der Waals surface area contributed by atoms with Gasteiger partial charge in [-0.25, -0.2) is 9.78 Å². The van der Waals surface area contributed by atoms with Gasteiger partial charge < -0.3 is 9.64 Å². The zero-order chi connectivity index (χ0) is 14.5. The highest BCUT2D eigenvalue weighted by Gasteiger charge is 2.18. The van der Waals surface area contributed by atoms with Gasteiger partial charge in [0.05, 0.1) is 18.4 Å². The van der Waals surface area contributed by atoms with Crippen LogP contribution in [0.15, 0.2) is 42.6 Å². The molecule has 1 aromatic carbocycles. The van der Waals surface area contributed by atoms with Crippen molar-refractivity contribution < 1.29 is 9.53 Å². The Hall–Kier alpha value is -2.87. The minimum Gasteiger partial charge on any atom is -0.465 e. The van der Waals surface area contributed by atoms with Gasteiger partial charge >= 0.3 is 5.97 Å². The Balaban J connectivity index is 2.52. The highest BCUT2D eigenvalue weighted by Crippen LogP contribution is 2.27. The highest BCUT2D eigenvalue weighted by atomic mass is 16.5. The van der Waals surface area contributed by atoms with Crippen molar-refractivity contribution in [2.75, 3.05) is 19.1 Å². The largest absolute Gasteiger partial charge is 0.465 e. The molecule has 0 aliphatic heterocycles. The molecular formula is C15H13N3O2. The molecule has 1 aromatic heterocycles. The number of hydrogen-bond donors (Lipinski definition) is 0. The van der Waals surface area contributed by atoms with E-state index >= 15 is 0 Å². The lowest BCUT2D eigenvalue weighted by Crippen LogP contribution is -2.17. The molecule has 0 amide bonds. The third kappa shape index (κ3) is 2.45. The van der Waals surface area contributed by atoms with Crippen LogP contribution in [0, 0.1) is 11.3 Å². The van der Waals surface area contributed by atoms with E-state index in [4.69, 9.17) is 10.00 Å². The average molecular weight is 267 g/mol. The molecule has 5 nitrogen and oxygen atoms in total. The van der Waals surface area contributed by atoms with Crippen LogP contribution >= 0.6 is 0 Å². The van der Waals surface area contributed by atoms with Crippen molar-refractivity contribution in [3.8, 4) is 6.07 Å². The normalized spacial score (nSPS) is 9.65. The Morgan fingerprint density at radius 1 is 1.30 bits per heavy atom. The first-order valence-corrected chi connectivity index (χ1v) is 5.95. The minimum atomic E-state index is -0.464. The Bertz CT molecular complexity index is 677. The van der Waals surface area contributed by atoms with E-state index in [1.165, 1.54) is 7.11 Å². The molecule has 2 aromatic rings. The van der Waals surface area contributed by atoms with Gasteiger partial charge in [0.15, 0.2) is 0 Å². The summed E-state index contributed by atoms with van der Waals surface area (Å²) in [4.78, 5) is 17.7. The van der Waals surface area contributed by atoms with Crippen LogP contribution in [0.25, 0.3) is 0 Å². The molecule has 5 heteroatoms. The van der Waals surface area contributed by atoms with Crippen LogP contribution < -0.4 is 4.90 Å². The fourth-order valence-electron chi connectivity index (χ4n) is 1.91. The summed E-state index contributed by atoms with van der Waals surface area (Å²) in [6.07, 6.45) is 1.59. The molecule has 0 fully saturated rings. The summed E-state index contributed by atoms with van der Waals surface area (Å²) in [7, 11) is 3.08. The summed E-state index contributed by atoms with van der Waals surface area (Å²) in [6.45, 7) is 0. The number of pyridine rings is 1. The van der Waals surface area contributed by atoms with Crippen molar-refractivity contribution in [1.82, 2.24) is 4.98 Å². The van der Waals surface area contributed by atoms with Crippen molar-refractivity contribution in [3.05, 3.63) is 53.7 Å². The molecule has 0 spiro atoms. The van der Waals surface area contributed by atoms with Crippen molar-refractivity contribution in [1.29, 1.82) is 5.26 Å². The molecule has 0 N–H and O–H groups in total. The second-order valence-corrected chi connectivity index (χ2v) is 4.05. The first kappa shape index (κ1) is 13.6. The van der Waals surface area contributed by atoms with Crippen LogP contribution in [0.2, 0.25) is 0 Å². The summed E-state index contributed by atoms with van der Waals surface area (Å²) in [5, 5.41) is 9.15. The molecule has 0 aliphatic rings. The maximum absolute atomic E-state index is 11.8. The monoisotopic (exact) mass is 267 g/mol. The summed E-state index contributed by atoms with van der Waals surface area (Å²) in [5.74, 6) is -0.0172. The third-order valence-electron chi connectivity index (χ3n) is 2.90. The SMILES string of the molecule is COC(=O)c1cccnc1N(C)c1ccccc1C#N. The van der Waals surface area contributed by atoms with Gasteiger partial charge in [0.2, 0.25) is 0 Å². The highest BCUT2D eigenvalue weighted by molar-refractivity contribution is 5.95. The Morgan fingerprint density at radius 3 is 2.75 bits per heavy atom. The third-order valence-corrected chi connectivity index (χ3v) is 2.90. The molecule has 0 atom stereocenters. The number of esters is 1. The molecular weight excluding hydrogens is 254 g/mol. The molecule has 100 valence electrons. The minimum absolute atomic E-state index is 0.352. The first-order valence-electron chi connectivity index (χ1n) is 5.95. The van der Waals surface area contributed by atoms with E-state index < -0.39 is 5.97 Å². The summed E-state index contributed by atoms with van der Waals surface area (Å²) >= 11 is 0. The van der Waals surface area contributed by atoms with E-state index in [-0.39, 0.29) is 0 Å². The smallest absolute Gasteiger partial charge is 0.341 e. The number of nitriles is 1. The van der Waals surface area contributed by atoms with Gasteiger partial charge in [-0.3, -0.25) is 0 Å². The first-order chi connectivity index (χ1) is 9.69. The predicted octanol–water partition coefficient (Wildman–Crippen LogP) is 2.51. The second kappa shape index (κ2) is 5.85. The van der Waals surface area contributed by atoms with Crippen LogP contribution in [0.3, 0.4) is 0 Å². The van der Waals surface area contributed by atoms with Crippen LogP contribution in [0.1, 0.15) is 15.9 Å². The molecule has 0 bridgehead atoms. The number of ether oxygens (including phenoxy) is 1. The molecule has 2 rings (SSSR count). The molecule has 20 heavy (non-hydrogen) atoms. The Labute approximate surface area is 117 Å². The topological polar surface area (TPSA) is 66.2 Å². The number of carbonyl (C=O) groups is 1. The van der Waals surface area contributed by atoms with Crippen molar-refractivity contribution in [3.63, 3.8) is 0 Å². The molecule has 0 unspecified atom stereocenters. The summed E-state index contributed by atoms with van der Waals surface area (Å²) in [6, 6.07) is 12.6. The van der Waals surface area contributed by atoms with Crippen LogP contribution in [-0.2, 0) is 4.74 Å². The maximum Gasteiger partial charge on any atom is 0.341 e. The van der Waals surface area contributed by atoms with Crippen molar-refractivity contribution in [2.45, 2.75) is 0 Å². The van der Waals surface area contributed by atoms with E-state index in [0.717, 1.165) is 0 Å². The van der Waals surface area contributed by atoms with E-state index in [1.54, 1.807) is 48.5 Å². The molecule has 0 saturated heterocycles. The fraction of sp³-hybridized carbons (Fsp3) is 0.133. The lowest BCUT2D eigenvalue weighted by Gasteiger charge is -2.21. The quantitative estimate of drug-likeness (QED) is 0.799. The van der Waals surface area contributed by atoms with Crippen LogP contribution in [0.4, 0.5) is 11.5 Å². The molecule has 0 aliphatic carbocycles. The van der Waals surface area contributed by atoms with Crippen LogP contribution in [0.5, 0.6) is 0 Å². The number of para-hydroxylation sites is 1. The number of rotatable bonds is 3. The summed E-state index contributed by atoms with van der Waals surface area (Å²) < 4.78 is 4.75. The average Bonchev–Trinajstić information content (AvgIpc) is 2.53. The fourth-order valence-corrected chi connectivity index (χ4v) is 1.91. The number of hydrogen-bond acceptors (Lipinski definition) is 5. The number of methoxy groups -OCH3 is 1. The number of benzene rings is 1. The number of nitrogens with zero attached hydrogens (tertiary/aromatic N) is 3. The lowest BCUT2D eigenvalue weighted by molar-refractivity contribution is 0.0601. The Morgan fingerprint density at radius 2 is 2.05 bits per heavy atom. The van der Waals surface area contributed by atoms with E-state index in [9.17, 15) is 4.79 Å². The second-order valence-electron chi connectivity index (χ2n) is 4.05. The Kier molecular flexibility index (Phi) is 3.96. The standard InChI is InChI=1S/C15H13N3O2/c1-18(13-8-4-3-6-11(13)10-16)14-12(15(19)20-2)7-5-9-17-14/h3-9H,1-2H3. The van der Waals surface area contributed by atoms with Crippen LogP contribution in [-0.4, -0.2) is 25.1 Å². The van der Waals surface area contributed by atoms with Gasteiger partial charge in [0, 0.05) is 13.2 Å². The summed E-state index contributed by atoms with van der Waals surface area (Å²) in [5.41, 5.74) is 1.54. The van der Waals surface area contributed by atoms with Gasteiger partial charge in [-0.15, -0.1) is 0 Å². The van der Waals surface area contributed by atoms with Gasteiger partial charge in [-0.05, 0) is 24.3 Å². The lowest BCUT2D eigenvalue weighted by atomic mass is 10.1. The number of aromatic nitrogens is 1. The van der Waals surface area contributed by atoms with Gasteiger partial charge in [0.1, 0.15) is 17.5 Å². The zero-order valence-corrected chi connectivity index (χ0v) is 11.2. The zero-order valence-electron chi connectivity index (χ0n) is 11.2. The van der Waals surface area contributed by atoms with Gasteiger partial charge in [0.25, 0.3) is 0 Å². The van der Waals surface area contributed by atoms with E-state index in [0.29, 0.717) is 22.6 Å². The van der Waals surface area contributed by atoms with E-state index in [1.807, 2.05) is 6.07 Å². The van der Waals surface area contributed by atoms with E-state index in [2.05, 4.69) is 11.1 Å². The van der Waals surface area contributed by atoms with Crippen molar-refractivity contribution >= 4 is 17.5 Å². The maximum atomic E-state index is 11.8. The molecule has 1 heterocycles. The van der Waals surface area contributed by atoms with Gasteiger partial charge in [-0.1, -0.05) is 12.1 Å².